The van der Waals surface area contributed by atoms with Crippen molar-refractivity contribution < 1.29 is 32.7 Å². The fourth-order valence-corrected chi connectivity index (χ4v) is 7.67. The summed E-state index contributed by atoms with van der Waals surface area (Å²) in [6, 6.07) is 8.95. The van der Waals surface area contributed by atoms with Gasteiger partial charge >= 0.3 is 6.43 Å². The maximum absolute atomic E-state index is 14.3. The SMILES string of the molecule is Cc1cc2c(cc1C(=O)N(C(C)C)C1CCC(CCN(C(=O)Cc3ccc(Cl)c(Cl)c3)C3CC3)CC1)N(CCNC(=O)C(F)F)C(=O)C(C)(C)O2. The molecule has 0 unspecified atom stereocenters. The van der Waals surface area contributed by atoms with Crippen LogP contribution >= 0.6 is 23.2 Å². The molecular formula is C38H48Cl2F2N4O5. The van der Waals surface area contributed by atoms with Gasteiger partial charge in [-0.2, -0.15) is 8.78 Å². The van der Waals surface area contributed by atoms with E-state index >= 15 is 0 Å². The quantitative estimate of drug-likeness (QED) is 0.233. The van der Waals surface area contributed by atoms with Gasteiger partial charge in [0.2, 0.25) is 5.91 Å². The number of fused-ring (bicyclic) bond motifs is 1. The van der Waals surface area contributed by atoms with E-state index in [1.54, 1.807) is 38.1 Å². The third-order valence-corrected chi connectivity index (χ3v) is 11.0. The number of hydrogen-bond acceptors (Lipinski definition) is 5. The average Bonchev–Trinajstić information content (AvgIpc) is 3.90. The zero-order valence-electron chi connectivity index (χ0n) is 29.9. The molecule has 2 aliphatic carbocycles. The van der Waals surface area contributed by atoms with Crippen molar-refractivity contribution in [3.8, 4) is 5.75 Å². The normalized spacial score (nSPS) is 19.8. The molecule has 2 aromatic rings. The number of anilines is 1. The lowest BCUT2D eigenvalue weighted by atomic mass is 9.82. The summed E-state index contributed by atoms with van der Waals surface area (Å²) in [5, 5.41) is 3.06. The number of halogens is 4. The average molecular weight is 750 g/mol. The number of amides is 4. The number of nitrogens with one attached hydrogen (secondary N) is 1. The van der Waals surface area contributed by atoms with Crippen LogP contribution in [0.3, 0.4) is 0 Å². The molecule has 4 amide bonds. The molecule has 0 saturated heterocycles. The van der Waals surface area contributed by atoms with E-state index in [1.807, 2.05) is 36.6 Å². The van der Waals surface area contributed by atoms with Crippen molar-refractivity contribution >= 4 is 52.5 Å². The summed E-state index contributed by atoms with van der Waals surface area (Å²) in [5.41, 5.74) is 1.11. The lowest BCUT2D eigenvalue weighted by molar-refractivity contribution is -0.133. The second-order valence-electron chi connectivity index (χ2n) is 14.8. The largest absolute Gasteiger partial charge is 0.476 e. The zero-order chi connectivity index (χ0) is 37.2. The van der Waals surface area contributed by atoms with E-state index in [-0.39, 0.29) is 37.0 Å². The van der Waals surface area contributed by atoms with Gasteiger partial charge in [0.25, 0.3) is 17.7 Å². The van der Waals surface area contributed by atoms with E-state index in [2.05, 4.69) is 5.32 Å². The van der Waals surface area contributed by atoms with E-state index in [0.29, 0.717) is 57.5 Å². The van der Waals surface area contributed by atoms with Crippen molar-refractivity contribution in [3.63, 3.8) is 0 Å². The molecule has 51 heavy (non-hydrogen) atoms. The molecule has 13 heteroatoms. The van der Waals surface area contributed by atoms with E-state index in [1.165, 1.54) is 4.90 Å². The fraction of sp³-hybridized carbons (Fsp3) is 0.579. The Kier molecular flexibility index (Phi) is 12.2. The number of carbonyl (C=O) groups excluding carboxylic acids is 4. The highest BCUT2D eigenvalue weighted by molar-refractivity contribution is 6.42. The third-order valence-electron chi connectivity index (χ3n) is 10.2. The standard InChI is InChI=1S/C38H48Cl2F2N4O5/c1-22(2)46(27-9-6-24(7-10-27)14-16-44(26-11-12-26)33(47)20-25-8-13-29(39)30(40)19-25)36(49)28-21-31-32(18-23(28)3)51-38(4,5)37(50)45(31)17-15-43-35(48)34(41)42/h8,13,18-19,21-22,24,26-27,34H,6-7,9-12,14-17,20H2,1-5H3,(H,43,48). The number of rotatable bonds is 13. The van der Waals surface area contributed by atoms with Crippen molar-refractivity contribution in [2.24, 2.45) is 5.92 Å². The monoisotopic (exact) mass is 748 g/mol. The zero-order valence-corrected chi connectivity index (χ0v) is 31.5. The molecule has 9 nitrogen and oxygen atoms in total. The first-order valence-corrected chi connectivity index (χ1v) is 18.6. The minimum atomic E-state index is -3.16. The Morgan fingerprint density at radius 1 is 1.00 bits per heavy atom. The molecule has 1 N–H and O–H groups in total. The molecule has 0 atom stereocenters. The van der Waals surface area contributed by atoms with E-state index in [9.17, 15) is 28.0 Å². The first-order valence-electron chi connectivity index (χ1n) is 17.8. The molecule has 1 heterocycles. The Hall–Kier alpha value is -3.44. The van der Waals surface area contributed by atoms with Gasteiger partial charge in [0, 0.05) is 43.3 Å². The lowest BCUT2D eigenvalue weighted by Gasteiger charge is -2.41. The van der Waals surface area contributed by atoms with E-state index < -0.39 is 23.8 Å². The highest BCUT2D eigenvalue weighted by atomic mass is 35.5. The van der Waals surface area contributed by atoms with Crippen molar-refractivity contribution in [2.45, 2.75) is 116 Å². The van der Waals surface area contributed by atoms with E-state index in [0.717, 1.165) is 50.5 Å². The van der Waals surface area contributed by atoms with Gasteiger partial charge in [-0.05, 0) is 121 Å². The van der Waals surface area contributed by atoms with Crippen LogP contribution in [-0.4, -0.2) is 83.2 Å². The van der Waals surface area contributed by atoms with Crippen molar-refractivity contribution in [1.29, 1.82) is 0 Å². The van der Waals surface area contributed by atoms with Crippen LogP contribution in [-0.2, 0) is 20.8 Å². The molecule has 2 fully saturated rings. The lowest BCUT2D eigenvalue weighted by Crippen LogP contribution is -2.54. The minimum Gasteiger partial charge on any atom is -0.476 e. The summed E-state index contributed by atoms with van der Waals surface area (Å²) in [4.78, 5) is 57.9. The summed E-state index contributed by atoms with van der Waals surface area (Å²) in [6.45, 7) is 9.52. The highest BCUT2D eigenvalue weighted by Gasteiger charge is 2.42. The molecule has 2 saturated carbocycles. The molecule has 1 aliphatic heterocycles. The number of nitrogens with zero attached hydrogens (tertiary/aromatic N) is 3. The molecule has 0 radical (unpaired) electrons. The van der Waals surface area contributed by atoms with Gasteiger partial charge in [-0.15, -0.1) is 0 Å². The van der Waals surface area contributed by atoms with Crippen LogP contribution in [0.2, 0.25) is 10.0 Å². The van der Waals surface area contributed by atoms with Crippen LogP contribution in [0.1, 0.15) is 94.1 Å². The second-order valence-corrected chi connectivity index (χ2v) is 15.6. The van der Waals surface area contributed by atoms with Crippen LogP contribution in [0.15, 0.2) is 30.3 Å². The fourth-order valence-electron chi connectivity index (χ4n) is 7.35. The summed E-state index contributed by atoms with van der Waals surface area (Å²) in [5.74, 6) is -1.01. The number of carbonyl (C=O) groups is 4. The van der Waals surface area contributed by atoms with Crippen LogP contribution < -0.4 is 15.0 Å². The molecule has 0 aromatic heterocycles. The minimum absolute atomic E-state index is 0.0254. The van der Waals surface area contributed by atoms with Gasteiger partial charge in [0.15, 0.2) is 5.60 Å². The topological polar surface area (TPSA) is 99.3 Å². The van der Waals surface area contributed by atoms with Gasteiger partial charge in [-0.3, -0.25) is 19.2 Å². The van der Waals surface area contributed by atoms with Gasteiger partial charge in [0.05, 0.1) is 22.2 Å². The van der Waals surface area contributed by atoms with Crippen molar-refractivity contribution in [3.05, 3.63) is 57.1 Å². The summed E-state index contributed by atoms with van der Waals surface area (Å²) in [6.07, 6.45) is 3.66. The third kappa shape index (κ3) is 9.14. The number of alkyl halides is 2. The summed E-state index contributed by atoms with van der Waals surface area (Å²) in [7, 11) is 0. The van der Waals surface area contributed by atoms with Gasteiger partial charge in [-0.25, -0.2) is 0 Å². The Morgan fingerprint density at radius 3 is 2.27 bits per heavy atom. The Morgan fingerprint density at radius 2 is 1.67 bits per heavy atom. The number of hydrogen-bond donors (Lipinski definition) is 1. The first kappa shape index (κ1) is 38.8. The van der Waals surface area contributed by atoms with Crippen molar-refractivity contribution in [2.75, 3.05) is 24.5 Å². The predicted octanol–water partition coefficient (Wildman–Crippen LogP) is 7.22. The van der Waals surface area contributed by atoms with E-state index in [4.69, 9.17) is 27.9 Å². The molecular weight excluding hydrogens is 701 g/mol. The van der Waals surface area contributed by atoms with Gasteiger partial charge in [-0.1, -0.05) is 29.3 Å². The van der Waals surface area contributed by atoms with Gasteiger partial charge < -0.3 is 24.8 Å². The maximum atomic E-state index is 14.3. The summed E-state index contributed by atoms with van der Waals surface area (Å²) < 4.78 is 31.6. The smallest absolute Gasteiger partial charge is 0.315 e. The first-order chi connectivity index (χ1) is 24.1. The number of aryl methyl sites for hydroxylation is 1. The van der Waals surface area contributed by atoms with Crippen LogP contribution in [0.25, 0.3) is 0 Å². The molecule has 3 aliphatic rings. The molecule has 0 spiro atoms. The van der Waals surface area contributed by atoms with Gasteiger partial charge in [0.1, 0.15) is 5.75 Å². The Bertz CT molecular complexity index is 1640. The molecule has 0 bridgehead atoms. The van der Waals surface area contributed by atoms with Crippen LogP contribution in [0.4, 0.5) is 14.5 Å². The Balaban J connectivity index is 1.24. The molecule has 278 valence electrons. The van der Waals surface area contributed by atoms with Crippen molar-refractivity contribution in [1.82, 2.24) is 15.1 Å². The maximum Gasteiger partial charge on any atom is 0.315 e. The Labute approximate surface area is 308 Å². The second kappa shape index (κ2) is 16.1. The predicted molar refractivity (Wildman–Crippen MR) is 194 cm³/mol. The summed E-state index contributed by atoms with van der Waals surface area (Å²) >= 11 is 12.2. The molecule has 2 aromatic carbocycles. The number of ether oxygens (including phenoxy) is 1. The molecule has 5 rings (SSSR count). The van der Waals surface area contributed by atoms with Crippen LogP contribution in [0.5, 0.6) is 5.75 Å². The van der Waals surface area contributed by atoms with Crippen LogP contribution in [0, 0.1) is 12.8 Å². The number of benzene rings is 2. The highest BCUT2D eigenvalue weighted by Crippen LogP contribution is 2.41.